The highest BCUT2D eigenvalue weighted by atomic mass is 32.2. The number of anilines is 1. The van der Waals surface area contributed by atoms with Gasteiger partial charge in [0, 0.05) is 13.1 Å². The third-order valence-corrected chi connectivity index (χ3v) is 6.68. The van der Waals surface area contributed by atoms with Crippen LogP contribution in [0.4, 0.5) is 10.1 Å². The van der Waals surface area contributed by atoms with E-state index >= 15 is 0 Å². The summed E-state index contributed by atoms with van der Waals surface area (Å²) in [5.74, 6) is -1.61. The fourth-order valence-electron chi connectivity index (χ4n) is 2.04. The maximum Gasteiger partial charge on any atom is 0.243 e. The van der Waals surface area contributed by atoms with Crippen molar-refractivity contribution in [2.24, 2.45) is 0 Å². The summed E-state index contributed by atoms with van der Waals surface area (Å²) in [5, 5.41) is 0. The van der Waals surface area contributed by atoms with Crippen LogP contribution in [0.2, 0.25) is 0 Å². The van der Waals surface area contributed by atoms with Gasteiger partial charge in [-0.15, -0.1) is 0 Å². The molecule has 1 saturated heterocycles. The third-order valence-electron chi connectivity index (χ3n) is 3.19. The molecule has 1 heterocycles. The van der Waals surface area contributed by atoms with E-state index in [1.165, 1.54) is 7.11 Å². The summed E-state index contributed by atoms with van der Waals surface area (Å²) in [6.45, 7) is -0.309. The highest BCUT2D eigenvalue weighted by Gasteiger charge is 2.32. The molecule has 0 unspecified atom stereocenters. The van der Waals surface area contributed by atoms with Crippen LogP contribution in [0.3, 0.4) is 0 Å². The van der Waals surface area contributed by atoms with Crippen molar-refractivity contribution < 1.29 is 26.0 Å². The first kappa shape index (κ1) is 16.0. The van der Waals surface area contributed by atoms with Gasteiger partial charge < -0.3 is 10.5 Å². The van der Waals surface area contributed by atoms with Crippen LogP contribution < -0.4 is 10.5 Å². The number of nitrogens with zero attached hydrogens (tertiary/aromatic N) is 1. The van der Waals surface area contributed by atoms with E-state index in [9.17, 15) is 21.2 Å². The summed E-state index contributed by atoms with van der Waals surface area (Å²) in [6.07, 6.45) is 0. The van der Waals surface area contributed by atoms with Crippen molar-refractivity contribution in [2.75, 3.05) is 37.4 Å². The lowest BCUT2D eigenvalue weighted by Gasteiger charge is -2.26. The van der Waals surface area contributed by atoms with E-state index in [0.29, 0.717) is 0 Å². The quantitative estimate of drug-likeness (QED) is 0.767. The molecule has 0 amide bonds. The molecule has 0 spiro atoms. The number of nitrogen functional groups attached to an aromatic ring is 1. The van der Waals surface area contributed by atoms with Gasteiger partial charge in [-0.1, -0.05) is 0 Å². The normalized spacial score (nSPS) is 19.3. The average Bonchev–Trinajstić information content (AvgIpc) is 2.37. The number of hydrogen-bond acceptors (Lipinski definition) is 6. The zero-order chi connectivity index (χ0) is 15.8. The Morgan fingerprint density at radius 2 is 1.86 bits per heavy atom. The molecule has 1 aromatic carbocycles. The number of sulfonamides is 1. The number of rotatable bonds is 3. The molecule has 0 atom stereocenters. The molecular formula is C11H15FN2O5S2. The molecule has 2 N–H and O–H groups in total. The number of methoxy groups -OCH3 is 1. The van der Waals surface area contributed by atoms with Gasteiger partial charge in [-0.2, -0.15) is 4.31 Å². The fourth-order valence-corrected chi connectivity index (χ4v) is 4.96. The lowest BCUT2D eigenvalue weighted by Crippen LogP contribution is -2.43. The van der Waals surface area contributed by atoms with E-state index < -0.39 is 25.7 Å². The van der Waals surface area contributed by atoms with Gasteiger partial charge in [-0.25, -0.2) is 21.2 Å². The summed E-state index contributed by atoms with van der Waals surface area (Å²) in [6, 6.07) is 1.91. The van der Waals surface area contributed by atoms with Crippen molar-refractivity contribution >= 4 is 25.5 Å². The van der Waals surface area contributed by atoms with Gasteiger partial charge in [0.2, 0.25) is 10.0 Å². The van der Waals surface area contributed by atoms with Crippen LogP contribution in [0.5, 0.6) is 5.75 Å². The van der Waals surface area contributed by atoms with Gasteiger partial charge in [0.25, 0.3) is 0 Å². The molecule has 21 heavy (non-hydrogen) atoms. The minimum Gasteiger partial charge on any atom is -0.492 e. The molecule has 2 rings (SSSR count). The van der Waals surface area contributed by atoms with Crippen molar-refractivity contribution in [2.45, 2.75) is 4.90 Å². The van der Waals surface area contributed by atoms with Gasteiger partial charge >= 0.3 is 0 Å². The van der Waals surface area contributed by atoms with Crippen molar-refractivity contribution in [3.05, 3.63) is 17.9 Å². The second kappa shape index (κ2) is 5.43. The molecule has 0 saturated carbocycles. The Balaban J connectivity index is 2.37. The Bertz CT molecular complexity index is 724. The first-order valence-electron chi connectivity index (χ1n) is 6.01. The van der Waals surface area contributed by atoms with Crippen LogP contribution in [0.1, 0.15) is 0 Å². The number of hydrogen-bond donors (Lipinski definition) is 1. The lowest BCUT2D eigenvalue weighted by atomic mass is 10.3. The Morgan fingerprint density at radius 1 is 1.29 bits per heavy atom. The zero-order valence-electron chi connectivity index (χ0n) is 11.2. The van der Waals surface area contributed by atoms with Gasteiger partial charge in [0.15, 0.2) is 21.4 Å². The minimum absolute atomic E-state index is 0.138. The lowest BCUT2D eigenvalue weighted by molar-refractivity contribution is 0.387. The van der Waals surface area contributed by atoms with Crippen LogP contribution in [0.25, 0.3) is 0 Å². The fraction of sp³-hybridized carbons (Fsp3) is 0.455. The molecule has 1 fully saturated rings. The second-order valence-electron chi connectivity index (χ2n) is 4.58. The standard InChI is InChI=1S/C11H15FN2O5S2/c1-19-11-9(12)6-8(7-10(11)13)21(17,18)14-2-4-20(15,16)5-3-14/h6-7H,2-5,13H2,1H3. The molecule has 1 aliphatic heterocycles. The molecule has 10 heteroatoms. The Kier molecular flexibility index (Phi) is 4.13. The maximum absolute atomic E-state index is 13.7. The van der Waals surface area contributed by atoms with Crippen LogP contribution in [-0.4, -0.2) is 52.8 Å². The van der Waals surface area contributed by atoms with Crippen molar-refractivity contribution in [3.8, 4) is 5.75 Å². The highest BCUT2D eigenvalue weighted by molar-refractivity contribution is 7.92. The van der Waals surface area contributed by atoms with Crippen LogP contribution in [0, 0.1) is 5.82 Å². The largest absolute Gasteiger partial charge is 0.492 e. The van der Waals surface area contributed by atoms with E-state index in [2.05, 4.69) is 0 Å². The van der Waals surface area contributed by atoms with Crippen LogP contribution in [-0.2, 0) is 19.9 Å². The summed E-state index contributed by atoms with van der Waals surface area (Å²) >= 11 is 0. The number of halogens is 1. The predicted octanol–water partition coefficient (Wildman–Crippen LogP) is -0.164. The SMILES string of the molecule is COc1c(N)cc(S(=O)(=O)N2CCS(=O)(=O)CC2)cc1F. The summed E-state index contributed by atoms with van der Waals surface area (Å²) in [7, 11) is -5.98. The van der Waals surface area contributed by atoms with E-state index in [1.807, 2.05) is 0 Å². The smallest absolute Gasteiger partial charge is 0.243 e. The molecule has 1 aromatic rings. The monoisotopic (exact) mass is 338 g/mol. The van der Waals surface area contributed by atoms with Crippen molar-refractivity contribution in [1.29, 1.82) is 0 Å². The Morgan fingerprint density at radius 3 is 2.33 bits per heavy atom. The summed E-state index contributed by atoms with van der Waals surface area (Å²) in [4.78, 5) is -0.322. The Hall–Kier alpha value is -1.39. The van der Waals surface area contributed by atoms with Crippen LogP contribution >= 0.6 is 0 Å². The van der Waals surface area contributed by atoms with E-state index in [1.54, 1.807) is 0 Å². The van der Waals surface area contributed by atoms with E-state index in [0.717, 1.165) is 16.4 Å². The number of sulfone groups is 1. The topological polar surface area (TPSA) is 107 Å². The maximum atomic E-state index is 13.7. The summed E-state index contributed by atoms with van der Waals surface area (Å²) < 4.78 is 66.9. The molecule has 0 aromatic heterocycles. The first-order chi connectivity index (χ1) is 9.67. The Labute approximate surface area is 122 Å². The summed E-state index contributed by atoms with van der Waals surface area (Å²) in [5.41, 5.74) is 5.42. The molecular weight excluding hydrogens is 323 g/mol. The molecule has 1 aliphatic rings. The van der Waals surface area contributed by atoms with Gasteiger partial charge in [0.1, 0.15) is 0 Å². The molecule has 0 aliphatic carbocycles. The average molecular weight is 338 g/mol. The van der Waals surface area contributed by atoms with Crippen molar-refractivity contribution in [1.82, 2.24) is 4.31 Å². The highest BCUT2D eigenvalue weighted by Crippen LogP contribution is 2.30. The van der Waals surface area contributed by atoms with Gasteiger partial charge in [-0.05, 0) is 12.1 Å². The van der Waals surface area contributed by atoms with E-state index in [-0.39, 0.29) is 40.9 Å². The predicted molar refractivity (Wildman–Crippen MR) is 74.8 cm³/mol. The molecule has 118 valence electrons. The van der Waals surface area contributed by atoms with Gasteiger partial charge in [0.05, 0.1) is 29.2 Å². The molecule has 7 nitrogen and oxygen atoms in total. The van der Waals surface area contributed by atoms with E-state index in [4.69, 9.17) is 10.5 Å². The third kappa shape index (κ3) is 3.11. The molecule has 0 radical (unpaired) electrons. The first-order valence-corrected chi connectivity index (χ1v) is 9.27. The number of ether oxygens (including phenoxy) is 1. The number of nitrogens with two attached hydrogens (primary N) is 1. The minimum atomic E-state index is -3.99. The van der Waals surface area contributed by atoms with Crippen molar-refractivity contribution in [3.63, 3.8) is 0 Å². The molecule has 0 bridgehead atoms. The zero-order valence-corrected chi connectivity index (χ0v) is 12.9. The van der Waals surface area contributed by atoms with Crippen LogP contribution in [0.15, 0.2) is 17.0 Å². The number of benzene rings is 1. The van der Waals surface area contributed by atoms with Gasteiger partial charge in [-0.3, -0.25) is 0 Å². The second-order valence-corrected chi connectivity index (χ2v) is 8.83.